The van der Waals surface area contributed by atoms with Gasteiger partial charge in [-0.1, -0.05) is 58.1 Å². The molecule has 4 nitrogen and oxygen atoms in total. The van der Waals surface area contributed by atoms with Gasteiger partial charge in [0.1, 0.15) is 6.61 Å². The standard InChI is InChI=1S/C28H39FO4/c1-3-5-6-7-20-8-11-22(12-9-20)23-13-15-24(16-14-23)28(31)33-26-17-10-21(18-25(26)29)19-32-27(30)4-2/h4,10,17-18,20,22-24H,2-3,5-9,11-16,19H2,1H3. The van der Waals surface area contributed by atoms with E-state index in [1.54, 1.807) is 6.07 Å². The van der Waals surface area contributed by atoms with E-state index in [4.69, 9.17) is 9.47 Å². The molecule has 2 fully saturated rings. The Kier molecular flexibility index (Phi) is 9.95. The van der Waals surface area contributed by atoms with Crippen LogP contribution in [0.4, 0.5) is 4.39 Å². The van der Waals surface area contributed by atoms with Crippen LogP contribution < -0.4 is 4.74 Å². The molecular formula is C28H39FO4. The summed E-state index contributed by atoms with van der Waals surface area (Å²) in [6, 6.07) is 4.25. The summed E-state index contributed by atoms with van der Waals surface area (Å²) in [5.41, 5.74) is 0.489. The molecular weight excluding hydrogens is 419 g/mol. The van der Waals surface area contributed by atoms with E-state index in [0.29, 0.717) is 5.56 Å². The molecule has 0 saturated heterocycles. The van der Waals surface area contributed by atoms with E-state index in [0.717, 1.165) is 49.5 Å². The van der Waals surface area contributed by atoms with E-state index in [1.807, 2.05) is 0 Å². The van der Waals surface area contributed by atoms with E-state index < -0.39 is 11.8 Å². The zero-order valence-corrected chi connectivity index (χ0v) is 20.0. The molecule has 2 aliphatic carbocycles. The van der Waals surface area contributed by atoms with Crippen molar-refractivity contribution in [1.29, 1.82) is 0 Å². The maximum atomic E-state index is 14.4. The third-order valence-electron chi connectivity index (χ3n) is 7.63. The maximum absolute atomic E-state index is 14.4. The Morgan fingerprint density at radius 3 is 2.30 bits per heavy atom. The van der Waals surface area contributed by atoms with Crippen LogP contribution in [0, 0.1) is 29.5 Å². The SMILES string of the molecule is C=CC(=O)OCc1ccc(OC(=O)C2CCC(C3CCC(CCCCC)CC3)CC2)c(F)c1. The highest BCUT2D eigenvalue weighted by Gasteiger charge is 2.33. The number of rotatable bonds is 10. The summed E-state index contributed by atoms with van der Waals surface area (Å²) in [6.07, 6.45) is 15.7. The fourth-order valence-electron chi connectivity index (χ4n) is 5.58. The third kappa shape index (κ3) is 7.68. The minimum Gasteiger partial charge on any atom is -0.458 e. The molecule has 1 aromatic carbocycles. The number of halogens is 1. The number of hydrogen-bond donors (Lipinski definition) is 0. The molecule has 33 heavy (non-hydrogen) atoms. The van der Waals surface area contributed by atoms with Crippen LogP contribution in [-0.4, -0.2) is 11.9 Å². The normalized spacial score (nSPS) is 25.3. The quantitative estimate of drug-likeness (QED) is 0.162. The molecule has 0 aliphatic heterocycles. The smallest absolute Gasteiger partial charge is 0.330 e. The lowest BCUT2D eigenvalue weighted by atomic mass is 9.68. The van der Waals surface area contributed by atoms with Crippen molar-refractivity contribution in [1.82, 2.24) is 0 Å². The highest BCUT2D eigenvalue weighted by Crippen LogP contribution is 2.42. The molecule has 0 N–H and O–H groups in total. The van der Waals surface area contributed by atoms with Crippen LogP contribution in [0.5, 0.6) is 5.75 Å². The van der Waals surface area contributed by atoms with Crippen LogP contribution in [0.25, 0.3) is 0 Å². The first-order valence-electron chi connectivity index (χ1n) is 12.8. The summed E-state index contributed by atoms with van der Waals surface area (Å²) >= 11 is 0. The van der Waals surface area contributed by atoms with Crippen LogP contribution in [0.1, 0.15) is 89.5 Å². The van der Waals surface area contributed by atoms with E-state index in [-0.39, 0.29) is 24.2 Å². The molecule has 182 valence electrons. The zero-order valence-electron chi connectivity index (χ0n) is 20.0. The van der Waals surface area contributed by atoms with Crippen molar-refractivity contribution >= 4 is 11.9 Å². The molecule has 0 spiro atoms. The summed E-state index contributed by atoms with van der Waals surface area (Å²) in [5.74, 6) is 0.708. The van der Waals surface area contributed by atoms with E-state index in [2.05, 4.69) is 13.5 Å². The van der Waals surface area contributed by atoms with Crippen molar-refractivity contribution in [2.24, 2.45) is 23.7 Å². The lowest BCUT2D eigenvalue weighted by Gasteiger charge is -2.37. The summed E-state index contributed by atoms with van der Waals surface area (Å²) in [5, 5.41) is 0. The second kappa shape index (κ2) is 12.9. The lowest BCUT2D eigenvalue weighted by molar-refractivity contribution is -0.141. The first-order valence-corrected chi connectivity index (χ1v) is 12.8. The predicted molar refractivity (Wildman–Crippen MR) is 127 cm³/mol. The van der Waals surface area contributed by atoms with E-state index in [1.165, 1.54) is 63.5 Å². The lowest BCUT2D eigenvalue weighted by Crippen LogP contribution is -2.30. The van der Waals surface area contributed by atoms with Gasteiger partial charge in [0.2, 0.25) is 0 Å². The predicted octanol–water partition coefficient (Wildman–Crippen LogP) is 7.15. The molecule has 0 radical (unpaired) electrons. The molecule has 0 unspecified atom stereocenters. The van der Waals surface area contributed by atoms with Gasteiger partial charge in [-0.3, -0.25) is 4.79 Å². The number of ether oxygens (including phenoxy) is 2. The number of carbonyl (C=O) groups excluding carboxylic acids is 2. The second-order valence-corrected chi connectivity index (χ2v) is 9.89. The summed E-state index contributed by atoms with van der Waals surface area (Å²) in [4.78, 5) is 23.8. The third-order valence-corrected chi connectivity index (χ3v) is 7.63. The number of unbranched alkanes of at least 4 members (excludes halogenated alkanes) is 2. The molecule has 2 saturated carbocycles. The molecule has 5 heteroatoms. The van der Waals surface area contributed by atoms with E-state index in [9.17, 15) is 14.0 Å². The van der Waals surface area contributed by atoms with Crippen LogP contribution in [0.3, 0.4) is 0 Å². The average molecular weight is 459 g/mol. The largest absolute Gasteiger partial charge is 0.458 e. The topological polar surface area (TPSA) is 52.6 Å². The number of benzene rings is 1. The fraction of sp³-hybridized carbons (Fsp3) is 0.643. The minimum absolute atomic E-state index is 0.0549. The maximum Gasteiger partial charge on any atom is 0.330 e. The molecule has 1 aromatic rings. The molecule has 2 aliphatic rings. The molecule has 0 atom stereocenters. The molecule has 0 amide bonds. The number of hydrogen-bond acceptors (Lipinski definition) is 4. The monoisotopic (exact) mass is 458 g/mol. The van der Waals surface area contributed by atoms with Gasteiger partial charge in [-0.15, -0.1) is 0 Å². The van der Waals surface area contributed by atoms with Gasteiger partial charge in [-0.05, 0) is 74.0 Å². The van der Waals surface area contributed by atoms with Crippen LogP contribution in [0.2, 0.25) is 0 Å². The summed E-state index contributed by atoms with van der Waals surface area (Å²) in [7, 11) is 0. The average Bonchev–Trinajstić information content (AvgIpc) is 2.84. The van der Waals surface area contributed by atoms with Crippen molar-refractivity contribution in [3.05, 3.63) is 42.2 Å². The second-order valence-electron chi connectivity index (χ2n) is 9.89. The van der Waals surface area contributed by atoms with Crippen LogP contribution in [0.15, 0.2) is 30.9 Å². The number of esters is 2. The molecule has 0 aromatic heterocycles. The Balaban J connectivity index is 1.41. The summed E-state index contributed by atoms with van der Waals surface area (Å²) < 4.78 is 24.7. The van der Waals surface area contributed by atoms with Gasteiger partial charge in [0.15, 0.2) is 11.6 Å². The van der Waals surface area contributed by atoms with Gasteiger partial charge in [-0.2, -0.15) is 0 Å². The van der Waals surface area contributed by atoms with Crippen molar-refractivity contribution in [3.8, 4) is 5.75 Å². The first kappa shape index (κ1) is 25.5. The van der Waals surface area contributed by atoms with Gasteiger partial charge < -0.3 is 9.47 Å². The van der Waals surface area contributed by atoms with Crippen molar-refractivity contribution in [2.75, 3.05) is 0 Å². The van der Waals surface area contributed by atoms with Crippen molar-refractivity contribution in [3.63, 3.8) is 0 Å². The highest BCUT2D eigenvalue weighted by atomic mass is 19.1. The summed E-state index contributed by atoms with van der Waals surface area (Å²) in [6.45, 7) is 5.53. The molecule has 0 bridgehead atoms. The van der Waals surface area contributed by atoms with Gasteiger partial charge in [-0.25, -0.2) is 9.18 Å². The fourth-order valence-corrected chi connectivity index (χ4v) is 5.58. The molecule has 0 heterocycles. The Hall–Kier alpha value is -2.17. The highest BCUT2D eigenvalue weighted by molar-refractivity contribution is 5.81. The van der Waals surface area contributed by atoms with E-state index >= 15 is 0 Å². The Bertz CT molecular complexity index is 789. The Labute approximate surface area is 197 Å². The van der Waals surface area contributed by atoms with Gasteiger partial charge in [0.05, 0.1) is 5.92 Å². The van der Waals surface area contributed by atoms with Crippen LogP contribution >= 0.6 is 0 Å². The first-order chi connectivity index (χ1) is 16.0. The zero-order chi connectivity index (χ0) is 23.6. The Morgan fingerprint density at radius 2 is 1.70 bits per heavy atom. The van der Waals surface area contributed by atoms with Gasteiger partial charge >= 0.3 is 11.9 Å². The van der Waals surface area contributed by atoms with Crippen molar-refractivity contribution < 1.29 is 23.5 Å². The molecule has 3 rings (SSSR count). The van der Waals surface area contributed by atoms with Crippen molar-refractivity contribution in [2.45, 2.75) is 90.6 Å². The van der Waals surface area contributed by atoms with Gasteiger partial charge in [0, 0.05) is 6.08 Å². The number of carbonyl (C=O) groups is 2. The van der Waals surface area contributed by atoms with Gasteiger partial charge in [0.25, 0.3) is 0 Å². The van der Waals surface area contributed by atoms with Crippen LogP contribution in [-0.2, 0) is 20.9 Å². The Morgan fingerprint density at radius 1 is 1.03 bits per heavy atom. The minimum atomic E-state index is -0.625.